The summed E-state index contributed by atoms with van der Waals surface area (Å²) in [6.07, 6.45) is 9.13. The van der Waals surface area contributed by atoms with Crippen LogP contribution in [0, 0.1) is 6.92 Å². The van der Waals surface area contributed by atoms with Crippen LogP contribution < -0.4 is 10.6 Å². The van der Waals surface area contributed by atoms with Crippen molar-refractivity contribution in [2.24, 2.45) is 0 Å². The lowest BCUT2D eigenvalue weighted by molar-refractivity contribution is -0.139. The topological polar surface area (TPSA) is 113 Å². The molecule has 0 unspecified atom stereocenters. The fourth-order valence-corrected chi connectivity index (χ4v) is 6.05. The first-order valence-electron chi connectivity index (χ1n) is 11.7. The molecular formula is C23H32N4O4S. The molecule has 4 rings (SSSR count). The Morgan fingerprint density at radius 2 is 1.69 bits per heavy atom. The molecule has 2 amide bonds. The summed E-state index contributed by atoms with van der Waals surface area (Å²) in [7, 11) is 0. The second kappa shape index (κ2) is 10.0. The molecule has 0 aliphatic heterocycles. The summed E-state index contributed by atoms with van der Waals surface area (Å²) in [4.78, 5) is 37.2. The molecule has 32 heavy (non-hydrogen) atoms. The van der Waals surface area contributed by atoms with E-state index in [-0.39, 0.29) is 36.7 Å². The molecule has 2 aromatic rings. The van der Waals surface area contributed by atoms with Crippen LogP contribution in [0.1, 0.15) is 92.0 Å². The maximum absolute atomic E-state index is 12.9. The van der Waals surface area contributed by atoms with E-state index in [9.17, 15) is 14.4 Å². The average molecular weight is 461 g/mol. The van der Waals surface area contributed by atoms with E-state index in [0.717, 1.165) is 59.3 Å². The van der Waals surface area contributed by atoms with Gasteiger partial charge in [-0.2, -0.15) is 5.10 Å². The second-order valence-electron chi connectivity index (χ2n) is 9.13. The molecule has 8 nitrogen and oxygen atoms in total. The molecule has 2 aliphatic rings. The number of aromatic nitrogens is 2. The number of carbonyl (C=O) groups excluding carboxylic acids is 2. The quantitative estimate of drug-likeness (QED) is 0.579. The highest BCUT2D eigenvalue weighted by atomic mass is 32.1. The number of aryl methyl sites for hydroxylation is 1. The first-order chi connectivity index (χ1) is 15.4. The van der Waals surface area contributed by atoms with Gasteiger partial charge in [0.1, 0.15) is 4.83 Å². The monoisotopic (exact) mass is 460 g/mol. The van der Waals surface area contributed by atoms with E-state index in [0.29, 0.717) is 6.04 Å². The SMILES string of the molecule is Cc1nn(C2CCCCC2)c2sc(C(=O)NC3CCC(NC(=O)CCC(=O)O)CC3)cc12. The number of nitrogens with zero attached hydrogens (tertiary/aromatic N) is 2. The van der Waals surface area contributed by atoms with Crippen LogP contribution in [0.3, 0.4) is 0 Å². The molecule has 0 atom stereocenters. The molecule has 0 saturated heterocycles. The van der Waals surface area contributed by atoms with Crippen LogP contribution >= 0.6 is 11.3 Å². The Morgan fingerprint density at radius 3 is 2.34 bits per heavy atom. The van der Waals surface area contributed by atoms with E-state index in [2.05, 4.69) is 15.3 Å². The molecule has 2 aliphatic carbocycles. The first-order valence-corrected chi connectivity index (χ1v) is 12.5. The van der Waals surface area contributed by atoms with Crippen LogP contribution in [0.2, 0.25) is 0 Å². The lowest BCUT2D eigenvalue weighted by atomic mass is 9.91. The number of nitrogens with one attached hydrogen (secondary N) is 2. The highest BCUT2D eigenvalue weighted by molar-refractivity contribution is 7.20. The highest BCUT2D eigenvalue weighted by Gasteiger charge is 2.26. The predicted octanol–water partition coefficient (Wildman–Crippen LogP) is 3.93. The Morgan fingerprint density at radius 1 is 1.03 bits per heavy atom. The molecule has 9 heteroatoms. The van der Waals surface area contributed by atoms with Crippen molar-refractivity contribution < 1.29 is 19.5 Å². The molecule has 0 aromatic carbocycles. The fourth-order valence-electron chi connectivity index (χ4n) is 4.92. The standard InChI is InChI=1S/C23H32N4O4S/c1-14-18-13-19(32-23(18)27(26-14)17-5-3-2-4-6-17)22(31)25-16-9-7-15(8-10-16)24-20(28)11-12-21(29)30/h13,15-17H,2-12H2,1H3,(H,24,28)(H,25,31)(H,29,30). The molecule has 2 aromatic heterocycles. The van der Waals surface area contributed by atoms with Gasteiger partial charge in [-0.1, -0.05) is 19.3 Å². The number of hydrogen-bond donors (Lipinski definition) is 3. The highest BCUT2D eigenvalue weighted by Crippen LogP contribution is 2.35. The van der Waals surface area contributed by atoms with Gasteiger partial charge in [-0.25, -0.2) is 0 Å². The third kappa shape index (κ3) is 5.31. The van der Waals surface area contributed by atoms with Crippen LogP contribution in [0.5, 0.6) is 0 Å². The zero-order valence-corrected chi connectivity index (χ0v) is 19.4. The molecule has 2 heterocycles. The van der Waals surface area contributed by atoms with Crippen molar-refractivity contribution >= 4 is 39.3 Å². The summed E-state index contributed by atoms with van der Waals surface area (Å²) in [5, 5.41) is 20.6. The van der Waals surface area contributed by atoms with Crippen LogP contribution in [-0.4, -0.2) is 44.8 Å². The van der Waals surface area contributed by atoms with E-state index in [1.807, 2.05) is 13.0 Å². The number of amides is 2. The van der Waals surface area contributed by atoms with Crippen molar-refractivity contribution in [3.05, 3.63) is 16.6 Å². The third-order valence-corrected chi connectivity index (χ3v) is 7.83. The Bertz CT molecular complexity index is 984. The van der Waals surface area contributed by atoms with E-state index in [1.54, 1.807) is 0 Å². The van der Waals surface area contributed by atoms with Gasteiger partial charge in [0.25, 0.3) is 5.91 Å². The average Bonchev–Trinajstić information content (AvgIpc) is 3.35. The molecule has 0 bridgehead atoms. The van der Waals surface area contributed by atoms with E-state index >= 15 is 0 Å². The minimum absolute atomic E-state index is 0.00956. The number of carbonyl (C=O) groups is 3. The van der Waals surface area contributed by atoms with Gasteiger partial charge in [0.15, 0.2) is 0 Å². The molecule has 3 N–H and O–H groups in total. The van der Waals surface area contributed by atoms with Crippen LogP contribution in [0.15, 0.2) is 6.07 Å². The Hall–Kier alpha value is -2.42. The summed E-state index contributed by atoms with van der Waals surface area (Å²) < 4.78 is 2.16. The minimum atomic E-state index is -0.963. The third-order valence-electron chi connectivity index (χ3n) is 6.71. The maximum Gasteiger partial charge on any atom is 0.303 e. The molecule has 2 fully saturated rings. The largest absolute Gasteiger partial charge is 0.481 e. The Balaban J connectivity index is 1.32. The number of fused-ring (bicyclic) bond motifs is 1. The molecule has 0 radical (unpaired) electrons. The molecule has 0 spiro atoms. The minimum Gasteiger partial charge on any atom is -0.481 e. The van der Waals surface area contributed by atoms with E-state index in [4.69, 9.17) is 10.2 Å². The number of rotatable bonds is 7. The van der Waals surface area contributed by atoms with Gasteiger partial charge >= 0.3 is 5.97 Å². The van der Waals surface area contributed by atoms with Crippen LogP contribution in [0.25, 0.3) is 10.2 Å². The molecule has 174 valence electrons. The maximum atomic E-state index is 12.9. The van der Waals surface area contributed by atoms with Gasteiger partial charge in [-0.05, 0) is 51.5 Å². The van der Waals surface area contributed by atoms with E-state index < -0.39 is 5.97 Å². The van der Waals surface area contributed by atoms with Crippen LogP contribution in [0.4, 0.5) is 0 Å². The van der Waals surface area contributed by atoms with Gasteiger partial charge in [0, 0.05) is 23.9 Å². The van der Waals surface area contributed by atoms with Gasteiger partial charge < -0.3 is 15.7 Å². The van der Waals surface area contributed by atoms with Crippen molar-refractivity contribution in [2.45, 2.75) is 95.7 Å². The number of thiophene rings is 1. The second-order valence-corrected chi connectivity index (χ2v) is 10.2. The van der Waals surface area contributed by atoms with Crippen molar-refractivity contribution in [3.8, 4) is 0 Å². The lowest BCUT2D eigenvalue weighted by Gasteiger charge is -2.29. The Kier molecular flexibility index (Phi) is 7.13. The molecular weight excluding hydrogens is 428 g/mol. The zero-order chi connectivity index (χ0) is 22.7. The Labute approximate surface area is 191 Å². The normalized spacial score (nSPS) is 22.0. The van der Waals surface area contributed by atoms with Gasteiger partial charge in [-0.3, -0.25) is 19.1 Å². The zero-order valence-electron chi connectivity index (χ0n) is 18.6. The van der Waals surface area contributed by atoms with Gasteiger partial charge in [-0.15, -0.1) is 11.3 Å². The van der Waals surface area contributed by atoms with Crippen molar-refractivity contribution in [1.29, 1.82) is 0 Å². The number of carboxylic acid groups (broad SMARTS) is 1. The summed E-state index contributed by atoms with van der Waals surface area (Å²) in [5.74, 6) is -1.21. The summed E-state index contributed by atoms with van der Waals surface area (Å²) in [6.45, 7) is 2.02. The smallest absolute Gasteiger partial charge is 0.303 e. The summed E-state index contributed by atoms with van der Waals surface area (Å²) in [5.41, 5.74) is 0.986. The number of aliphatic carboxylic acids is 1. The number of carboxylic acids is 1. The summed E-state index contributed by atoms with van der Waals surface area (Å²) >= 11 is 1.54. The van der Waals surface area contributed by atoms with Crippen molar-refractivity contribution in [1.82, 2.24) is 20.4 Å². The van der Waals surface area contributed by atoms with E-state index in [1.165, 1.54) is 30.6 Å². The number of hydrogen-bond acceptors (Lipinski definition) is 5. The van der Waals surface area contributed by atoms with Crippen molar-refractivity contribution in [3.63, 3.8) is 0 Å². The fraction of sp³-hybridized carbons (Fsp3) is 0.652. The molecule has 2 saturated carbocycles. The summed E-state index contributed by atoms with van der Waals surface area (Å²) in [6, 6.07) is 2.56. The first kappa shape index (κ1) is 22.8. The van der Waals surface area contributed by atoms with Gasteiger partial charge in [0.05, 0.1) is 23.0 Å². The predicted molar refractivity (Wildman–Crippen MR) is 123 cm³/mol. The van der Waals surface area contributed by atoms with Crippen LogP contribution in [-0.2, 0) is 9.59 Å². The van der Waals surface area contributed by atoms with Crippen molar-refractivity contribution in [2.75, 3.05) is 0 Å². The lowest BCUT2D eigenvalue weighted by Crippen LogP contribution is -2.43. The van der Waals surface area contributed by atoms with Gasteiger partial charge in [0.2, 0.25) is 5.91 Å².